The molecule has 0 aliphatic carbocycles. The maximum atomic E-state index is 6.20. The molecule has 0 amide bonds. The SMILES string of the molecule is CC[C@H](N)c1ccccc1N(C)Cc1csc(Br)c1. The van der Waals surface area contributed by atoms with Gasteiger partial charge in [0, 0.05) is 25.3 Å². The molecule has 1 atom stereocenters. The monoisotopic (exact) mass is 338 g/mol. The lowest BCUT2D eigenvalue weighted by Crippen LogP contribution is -2.20. The van der Waals surface area contributed by atoms with Crippen molar-refractivity contribution in [1.29, 1.82) is 0 Å². The summed E-state index contributed by atoms with van der Waals surface area (Å²) in [5.41, 5.74) is 9.96. The van der Waals surface area contributed by atoms with Gasteiger partial charge in [0.05, 0.1) is 3.79 Å². The van der Waals surface area contributed by atoms with Crippen molar-refractivity contribution < 1.29 is 0 Å². The van der Waals surface area contributed by atoms with Crippen LogP contribution in [0, 0.1) is 0 Å². The predicted molar refractivity (Wildman–Crippen MR) is 87.8 cm³/mol. The van der Waals surface area contributed by atoms with Crippen LogP contribution in [0.4, 0.5) is 5.69 Å². The molecule has 102 valence electrons. The van der Waals surface area contributed by atoms with Crippen LogP contribution in [0.5, 0.6) is 0 Å². The molecule has 2 aromatic rings. The van der Waals surface area contributed by atoms with Crippen LogP contribution in [0.3, 0.4) is 0 Å². The Morgan fingerprint density at radius 2 is 2.11 bits per heavy atom. The van der Waals surface area contributed by atoms with Gasteiger partial charge in [0.1, 0.15) is 0 Å². The summed E-state index contributed by atoms with van der Waals surface area (Å²) in [5, 5.41) is 2.18. The predicted octanol–water partition coefficient (Wildman–Crippen LogP) is 4.56. The molecule has 0 aliphatic rings. The van der Waals surface area contributed by atoms with Gasteiger partial charge in [0.25, 0.3) is 0 Å². The molecule has 2 N–H and O–H groups in total. The lowest BCUT2D eigenvalue weighted by Gasteiger charge is -2.24. The molecule has 2 rings (SSSR count). The Balaban J connectivity index is 2.21. The Kier molecular flexibility index (Phi) is 5.02. The van der Waals surface area contributed by atoms with E-state index >= 15 is 0 Å². The van der Waals surface area contributed by atoms with Gasteiger partial charge in [-0.15, -0.1) is 11.3 Å². The average Bonchev–Trinajstić information content (AvgIpc) is 2.83. The zero-order valence-electron chi connectivity index (χ0n) is 11.3. The van der Waals surface area contributed by atoms with Gasteiger partial charge in [-0.3, -0.25) is 0 Å². The van der Waals surface area contributed by atoms with Crippen molar-refractivity contribution >= 4 is 33.0 Å². The third kappa shape index (κ3) is 3.59. The molecular formula is C15H19BrN2S. The highest BCUT2D eigenvalue weighted by Gasteiger charge is 2.12. The molecule has 0 radical (unpaired) electrons. The van der Waals surface area contributed by atoms with E-state index in [0.717, 1.165) is 13.0 Å². The summed E-state index contributed by atoms with van der Waals surface area (Å²) in [4.78, 5) is 2.26. The van der Waals surface area contributed by atoms with Crippen LogP contribution in [-0.2, 0) is 6.54 Å². The highest BCUT2D eigenvalue weighted by atomic mass is 79.9. The van der Waals surface area contributed by atoms with E-state index in [1.165, 1.54) is 20.6 Å². The minimum absolute atomic E-state index is 0.105. The smallest absolute Gasteiger partial charge is 0.0701 e. The maximum absolute atomic E-state index is 6.20. The number of anilines is 1. The van der Waals surface area contributed by atoms with Gasteiger partial charge in [0.15, 0.2) is 0 Å². The zero-order chi connectivity index (χ0) is 13.8. The average molecular weight is 339 g/mol. The van der Waals surface area contributed by atoms with Crippen LogP contribution >= 0.6 is 27.3 Å². The fourth-order valence-corrected chi connectivity index (χ4v) is 3.36. The van der Waals surface area contributed by atoms with Gasteiger partial charge in [-0.05, 0) is 51.0 Å². The number of benzene rings is 1. The van der Waals surface area contributed by atoms with E-state index in [-0.39, 0.29) is 6.04 Å². The van der Waals surface area contributed by atoms with Crippen molar-refractivity contribution in [3.05, 3.63) is 50.6 Å². The van der Waals surface area contributed by atoms with E-state index in [1.807, 2.05) is 0 Å². The largest absolute Gasteiger partial charge is 0.370 e. The van der Waals surface area contributed by atoms with Crippen LogP contribution in [0.2, 0.25) is 0 Å². The van der Waals surface area contributed by atoms with Gasteiger partial charge in [-0.25, -0.2) is 0 Å². The van der Waals surface area contributed by atoms with Gasteiger partial charge in [-0.1, -0.05) is 25.1 Å². The summed E-state index contributed by atoms with van der Waals surface area (Å²) in [5.74, 6) is 0. The summed E-state index contributed by atoms with van der Waals surface area (Å²) in [6.45, 7) is 3.02. The minimum Gasteiger partial charge on any atom is -0.370 e. The molecule has 0 bridgehead atoms. The molecule has 1 aromatic carbocycles. The Morgan fingerprint density at radius 3 is 2.74 bits per heavy atom. The van der Waals surface area contributed by atoms with Gasteiger partial charge in [0.2, 0.25) is 0 Å². The van der Waals surface area contributed by atoms with E-state index in [1.54, 1.807) is 11.3 Å². The van der Waals surface area contributed by atoms with Gasteiger partial charge < -0.3 is 10.6 Å². The second kappa shape index (κ2) is 6.55. The van der Waals surface area contributed by atoms with Crippen molar-refractivity contribution in [3.8, 4) is 0 Å². The van der Waals surface area contributed by atoms with E-state index in [9.17, 15) is 0 Å². The van der Waals surface area contributed by atoms with Crippen LogP contribution in [0.25, 0.3) is 0 Å². The Bertz CT molecular complexity index is 538. The van der Waals surface area contributed by atoms with Crippen molar-refractivity contribution in [3.63, 3.8) is 0 Å². The van der Waals surface area contributed by atoms with Crippen LogP contribution in [0.1, 0.15) is 30.5 Å². The number of nitrogens with zero attached hydrogens (tertiary/aromatic N) is 1. The lowest BCUT2D eigenvalue weighted by molar-refractivity contribution is 0.694. The highest BCUT2D eigenvalue weighted by Crippen LogP contribution is 2.28. The first-order valence-corrected chi connectivity index (χ1v) is 8.07. The lowest BCUT2D eigenvalue weighted by atomic mass is 10.0. The van der Waals surface area contributed by atoms with E-state index < -0.39 is 0 Å². The van der Waals surface area contributed by atoms with Crippen LogP contribution in [-0.4, -0.2) is 7.05 Å². The maximum Gasteiger partial charge on any atom is 0.0701 e. The van der Waals surface area contributed by atoms with E-state index in [4.69, 9.17) is 5.73 Å². The molecule has 0 saturated carbocycles. The summed E-state index contributed by atoms with van der Waals surface area (Å²) in [7, 11) is 2.12. The topological polar surface area (TPSA) is 29.3 Å². The minimum atomic E-state index is 0.105. The molecule has 19 heavy (non-hydrogen) atoms. The number of hydrogen-bond acceptors (Lipinski definition) is 3. The third-order valence-electron chi connectivity index (χ3n) is 3.23. The normalized spacial score (nSPS) is 12.4. The summed E-state index contributed by atoms with van der Waals surface area (Å²) in [6.07, 6.45) is 0.953. The van der Waals surface area contributed by atoms with Crippen molar-refractivity contribution in [2.45, 2.75) is 25.9 Å². The standard InChI is InChI=1S/C15H19BrN2S/c1-3-13(17)12-6-4-5-7-14(12)18(2)9-11-8-15(16)19-10-11/h4-8,10,13H,3,9,17H2,1-2H3/t13-/m0/s1. The number of halogens is 1. The van der Waals surface area contributed by atoms with Gasteiger partial charge in [-0.2, -0.15) is 0 Å². The van der Waals surface area contributed by atoms with Crippen molar-refractivity contribution in [1.82, 2.24) is 0 Å². The first-order chi connectivity index (χ1) is 9.11. The second-order valence-corrected chi connectivity index (χ2v) is 6.98. The van der Waals surface area contributed by atoms with Crippen molar-refractivity contribution in [2.24, 2.45) is 5.73 Å². The molecule has 2 nitrogen and oxygen atoms in total. The summed E-state index contributed by atoms with van der Waals surface area (Å²) in [6, 6.07) is 10.7. The fourth-order valence-electron chi connectivity index (χ4n) is 2.16. The zero-order valence-corrected chi connectivity index (χ0v) is 13.7. The second-order valence-electron chi connectivity index (χ2n) is 4.69. The van der Waals surface area contributed by atoms with Gasteiger partial charge >= 0.3 is 0 Å². The van der Waals surface area contributed by atoms with Crippen LogP contribution in [0.15, 0.2) is 39.5 Å². The Morgan fingerprint density at radius 1 is 1.37 bits per heavy atom. The molecular weight excluding hydrogens is 320 g/mol. The molecule has 0 aliphatic heterocycles. The molecule has 4 heteroatoms. The summed E-state index contributed by atoms with van der Waals surface area (Å²) < 4.78 is 1.18. The first-order valence-electron chi connectivity index (χ1n) is 6.40. The number of nitrogens with two attached hydrogens (primary N) is 1. The van der Waals surface area contributed by atoms with E-state index in [0.29, 0.717) is 0 Å². The van der Waals surface area contributed by atoms with Crippen molar-refractivity contribution in [2.75, 3.05) is 11.9 Å². The Hall–Kier alpha value is -0.840. The third-order valence-corrected chi connectivity index (χ3v) is 4.78. The summed E-state index contributed by atoms with van der Waals surface area (Å²) >= 11 is 5.23. The molecule has 1 aromatic heterocycles. The molecule has 1 heterocycles. The van der Waals surface area contributed by atoms with Crippen LogP contribution < -0.4 is 10.6 Å². The number of para-hydroxylation sites is 1. The molecule has 0 saturated heterocycles. The molecule has 0 unspecified atom stereocenters. The molecule has 0 spiro atoms. The number of thiophene rings is 1. The highest BCUT2D eigenvalue weighted by molar-refractivity contribution is 9.11. The number of rotatable bonds is 5. The Labute approximate surface area is 127 Å². The quantitative estimate of drug-likeness (QED) is 0.865. The van der Waals surface area contributed by atoms with E-state index in [2.05, 4.69) is 70.5 Å². The fraction of sp³-hybridized carbons (Fsp3) is 0.333. The first kappa shape index (κ1) is 14.6. The molecule has 0 fully saturated rings. The number of hydrogen-bond donors (Lipinski definition) is 1.